The van der Waals surface area contributed by atoms with E-state index in [0.717, 1.165) is 37.7 Å². The van der Waals surface area contributed by atoms with Crippen molar-refractivity contribution >= 4 is 39.8 Å². The topological polar surface area (TPSA) is 73.2 Å². The molecule has 28 heavy (non-hydrogen) atoms. The van der Waals surface area contributed by atoms with Gasteiger partial charge in [0.15, 0.2) is 0 Å². The average molecular weight is 424 g/mol. The molecule has 0 spiro atoms. The lowest BCUT2D eigenvalue weighted by molar-refractivity contribution is -0.119. The smallest absolute Gasteiger partial charge is 0.341 e. The molecule has 3 rings (SSSR count). The Labute approximate surface area is 174 Å². The number of nitrogens with one attached hydrogen (secondary N) is 1. The fraction of sp³-hybridized carbons (Fsp3) is 0.550. The van der Waals surface area contributed by atoms with Crippen LogP contribution in [0.25, 0.3) is 0 Å². The number of nitrogens with zero attached hydrogens (tertiary/aromatic N) is 2. The van der Waals surface area contributed by atoms with Crippen LogP contribution in [0.15, 0.2) is 6.20 Å². The normalized spacial score (nSPS) is 15.6. The SMILES string of the molecule is CCC(C)OC(=O)c1c(NC(=O)C(C)n2cc(Cl)c(C)n2)sc2c1CCCC2. The summed E-state index contributed by atoms with van der Waals surface area (Å²) in [6.07, 6.45) is 6.14. The van der Waals surface area contributed by atoms with Crippen molar-refractivity contribution in [1.29, 1.82) is 0 Å². The molecule has 2 aromatic heterocycles. The maximum Gasteiger partial charge on any atom is 0.341 e. The van der Waals surface area contributed by atoms with Gasteiger partial charge in [0, 0.05) is 11.1 Å². The van der Waals surface area contributed by atoms with E-state index < -0.39 is 6.04 Å². The number of aromatic nitrogens is 2. The van der Waals surface area contributed by atoms with Gasteiger partial charge in [0.25, 0.3) is 0 Å². The maximum absolute atomic E-state index is 12.8. The van der Waals surface area contributed by atoms with Crippen LogP contribution in [0.4, 0.5) is 5.00 Å². The summed E-state index contributed by atoms with van der Waals surface area (Å²) in [7, 11) is 0. The van der Waals surface area contributed by atoms with E-state index in [4.69, 9.17) is 16.3 Å². The molecular weight excluding hydrogens is 398 g/mol. The molecule has 8 heteroatoms. The van der Waals surface area contributed by atoms with Gasteiger partial charge in [-0.05, 0) is 58.4 Å². The molecule has 0 aliphatic heterocycles. The first-order valence-corrected chi connectivity index (χ1v) is 10.9. The Bertz CT molecular complexity index is 870. The van der Waals surface area contributed by atoms with Crippen molar-refractivity contribution in [2.24, 2.45) is 0 Å². The second-order valence-corrected chi connectivity index (χ2v) is 8.76. The lowest BCUT2D eigenvalue weighted by Gasteiger charge is -2.16. The van der Waals surface area contributed by atoms with Gasteiger partial charge >= 0.3 is 5.97 Å². The highest BCUT2D eigenvalue weighted by atomic mass is 35.5. The van der Waals surface area contributed by atoms with Crippen LogP contribution >= 0.6 is 22.9 Å². The number of fused-ring (bicyclic) bond motifs is 1. The number of carbonyl (C=O) groups excluding carboxylic acids is 2. The van der Waals surface area contributed by atoms with Gasteiger partial charge in [-0.15, -0.1) is 11.3 Å². The van der Waals surface area contributed by atoms with E-state index in [9.17, 15) is 9.59 Å². The predicted molar refractivity (Wildman–Crippen MR) is 111 cm³/mol. The van der Waals surface area contributed by atoms with Crippen LogP contribution in [0, 0.1) is 6.92 Å². The van der Waals surface area contributed by atoms with Gasteiger partial charge < -0.3 is 10.1 Å². The van der Waals surface area contributed by atoms with Gasteiger partial charge in [0.05, 0.1) is 22.4 Å². The maximum atomic E-state index is 12.8. The van der Waals surface area contributed by atoms with Crippen molar-refractivity contribution < 1.29 is 14.3 Å². The standard InChI is InChI=1S/C20H26ClN3O3S/c1-5-11(2)27-20(26)17-14-8-6-7-9-16(14)28-19(17)22-18(25)13(4)24-10-15(21)12(3)23-24/h10-11,13H,5-9H2,1-4H3,(H,22,25). The summed E-state index contributed by atoms with van der Waals surface area (Å²) in [6, 6.07) is -0.552. The van der Waals surface area contributed by atoms with Gasteiger partial charge in [-0.25, -0.2) is 4.79 Å². The minimum Gasteiger partial charge on any atom is -0.459 e. The van der Waals surface area contributed by atoms with Crippen molar-refractivity contribution in [3.05, 3.63) is 32.9 Å². The number of carbonyl (C=O) groups is 2. The van der Waals surface area contributed by atoms with Crippen LogP contribution < -0.4 is 5.32 Å². The van der Waals surface area contributed by atoms with E-state index in [1.807, 2.05) is 13.8 Å². The van der Waals surface area contributed by atoms with Crippen molar-refractivity contribution in [3.8, 4) is 0 Å². The number of thiophene rings is 1. The van der Waals surface area contributed by atoms with Gasteiger partial charge in [0.1, 0.15) is 11.0 Å². The van der Waals surface area contributed by atoms with Gasteiger partial charge in [-0.2, -0.15) is 5.10 Å². The Kier molecular flexibility index (Phi) is 6.45. The van der Waals surface area contributed by atoms with Crippen molar-refractivity contribution in [3.63, 3.8) is 0 Å². The molecule has 0 radical (unpaired) electrons. The first-order chi connectivity index (χ1) is 13.3. The number of ether oxygens (including phenoxy) is 1. The molecule has 2 atom stereocenters. The molecule has 1 amide bonds. The third-order valence-corrected chi connectivity index (χ3v) is 6.71. The third kappa shape index (κ3) is 4.25. The minimum absolute atomic E-state index is 0.164. The molecule has 0 aromatic carbocycles. The summed E-state index contributed by atoms with van der Waals surface area (Å²) >= 11 is 7.55. The highest BCUT2D eigenvalue weighted by molar-refractivity contribution is 7.17. The molecular formula is C20H26ClN3O3S. The van der Waals surface area contributed by atoms with Gasteiger partial charge in [0.2, 0.25) is 5.91 Å². The quantitative estimate of drug-likeness (QED) is 0.668. The monoisotopic (exact) mass is 423 g/mol. The van der Waals surface area contributed by atoms with Gasteiger partial charge in [-0.1, -0.05) is 18.5 Å². The number of aryl methyl sites for hydroxylation is 2. The highest BCUT2D eigenvalue weighted by Gasteiger charge is 2.29. The fourth-order valence-electron chi connectivity index (χ4n) is 3.19. The van der Waals surface area contributed by atoms with Crippen LogP contribution in [-0.4, -0.2) is 27.8 Å². The number of hydrogen-bond donors (Lipinski definition) is 1. The Morgan fingerprint density at radius 2 is 2.07 bits per heavy atom. The van der Waals surface area contributed by atoms with E-state index in [1.54, 1.807) is 20.0 Å². The lowest BCUT2D eigenvalue weighted by Crippen LogP contribution is -2.25. The molecule has 1 aliphatic rings. The van der Waals surface area contributed by atoms with E-state index >= 15 is 0 Å². The van der Waals surface area contributed by atoms with Crippen molar-refractivity contribution in [1.82, 2.24) is 9.78 Å². The van der Waals surface area contributed by atoms with E-state index in [1.165, 1.54) is 20.9 Å². The Morgan fingerprint density at radius 3 is 2.71 bits per heavy atom. The molecule has 2 heterocycles. The molecule has 0 saturated heterocycles. The zero-order valence-corrected chi connectivity index (χ0v) is 18.2. The number of amides is 1. The van der Waals surface area contributed by atoms with Crippen LogP contribution in [0.1, 0.15) is 72.6 Å². The average Bonchev–Trinajstić information content (AvgIpc) is 3.20. The van der Waals surface area contributed by atoms with E-state index in [2.05, 4.69) is 10.4 Å². The largest absolute Gasteiger partial charge is 0.459 e. The van der Waals surface area contributed by atoms with E-state index in [0.29, 0.717) is 21.3 Å². The van der Waals surface area contributed by atoms with Crippen molar-refractivity contribution in [2.75, 3.05) is 5.32 Å². The molecule has 152 valence electrons. The van der Waals surface area contributed by atoms with Crippen molar-refractivity contribution in [2.45, 2.75) is 71.9 Å². The van der Waals surface area contributed by atoms with Gasteiger partial charge in [-0.3, -0.25) is 9.48 Å². The molecule has 1 N–H and O–H groups in total. The molecule has 0 bridgehead atoms. The summed E-state index contributed by atoms with van der Waals surface area (Å²) in [4.78, 5) is 26.8. The Morgan fingerprint density at radius 1 is 1.36 bits per heavy atom. The number of esters is 1. The summed E-state index contributed by atoms with van der Waals surface area (Å²) in [6.45, 7) is 7.39. The number of halogens is 1. The lowest BCUT2D eigenvalue weighted by atomic mass is 9.95. The first-order valence-electron chi connectivity index (χ1n) is 9.69. The summed E-state index contributed by atoms with van der Waals surface area (Å²) in [5.41, 5.74) is 2.23. The van der Waals surface area contributed by atoms with Crippen LogP contribution in [0.3, 0.4) is 0 Å². The molecule has 0 fully saturated rings. The van der Waals surface area contributed by atoms with Crippen LogP contribution in [0.5, 0.6) is 0 Å². The number of hydrogen-bond acceptors (Lipinski definition) is 5. The second kappa shape index (κ2) is 8.66. The number of rotatable bonds is 6. The molecule has 6 nitrogen and oxygen atoms in total. The predicted octanol–water partition coefficient (Wildman–Crippen LogP) is 4.94. The zero-order chi connectivity index (χ0) is 20.4. The number of anilines is 1. The van der Waals surface area contributed by atoms with E-state index in [-0.39, 0.29) is 18.0 Å². The second-order valence-electron chi connectivity index (χ2n) is 7.25. The molecule has 2 aromatic rings. The zero-order valence-electron chi connectivity index (χ0n) is 16.7. The third-order valence-electron chi connectivity index (χ3n) is 5.13. The summed E-state index contributed by atoms with van der Waals surface area (Å²) < 4.78 is 7.12. The Balaban J connectivity index is 1.87. The molecule has 1 aliphatic carbocycles. The van der Waals surface area contributed by atoms with Crippen LogP contribution in [0.2, 0.25) is 5.02 Å². The van der Waals surface area contributed by atoms with Crippen LogP contribution in [-0.2, 0) is 22.4 Å². The molecule has 0 saturated carbocycles. The molecule has 2 unspecified atom stereocenters. The first kappa shape index (κ1) is 20.9. The summed E-state index contributed by atoms with van der Waals surface area (Å²) in [5, 5.41) is 8.32. The Hall–Kier alpha value is -1.86. The highest BCUT2D eigenvalue weighted by Crippen LogP contribution is 2.39. The fourth-order valence-corrected chi connectivity index (χ4v) is 4.61. The minimum atomic E-state index is -0.552. The summed E-state index contributed by atoms with van der Waals surface area (Å²) in [5.74, 6) is -0.593.